The van der Waals surface area contributed by atoms with Gasteiger partial charge in [0.05, 0.1) is 6.04 Å². The lowest BCUT2D eigenvalue weighted by Gasteiger charge is -2.33. The summed E-state index contributed by atoms with van der Waals surface area (Å²) in [4.78, 5) is 14.0. The van der Waals surface area contributed by atoms with Crippen molar-refractivity contribution < 1.29 is 4.39 Å². The minimum absolute atomic E-state index is 0.146. The summed E-state index contributed by atoms with van der Waals surface area (Å²) >= 11 is 0. The summed E-state index contributed by atoms with van der Waals surface area (Å²) in [6.45, 7) is 1.21. The van der Waals surface area contributed by atoms with Crippen LogP contribution in [0.1, 0.15) is 12.5 Å². The topological polar surface area (TPSA) is 37.3 Å². The van der Waals surface area contributed by atoms with Gasteiger partial charge in [-0.2, -0.15) is 0 Å². The summed E-state index contributed by atoms with van der Waals surface area (Å²) in [6, 6.07) is 3.14. The average Bonchev–Trinajstić information content (AvgIpc) is 2.30. The molecule has 2 heterocycles. The van der Waals surface area contributed by atoms with E-state index in [0.717, 1.165) is 6.54 Å². The van der Waals surface area contributed by atoms with Crippen molar-refractivity contribution in [3.05, 3.63) is 28.7 Å². The van der Waals surface area contributed by atoms with Crippen molar-refractivity contribution in [1.82, 2.24) is 9.47 Å². The largest absolute Gasteiger partial charge is 0.384 e. The number of aromatic nitrogens is 1. The highest BCUT2D eigenvalue weighted by atomic mass is 19.1. The van der Waals surface area contributed by atoms with Gasteiger partial charge >= 0.3 is 0 Å². The molecular formula is C12H18FN3O. The van der Waals surface area contributed by atoms with E-state index in [1.165, 1.54) is 4.57 Å². The average molecular weight is 239 g/mol. The van der Waals surface area contributed by atoms with Crippen molar-refractivity contribution in [3.8, 4) is 0 Å². The third-order valence-electron chi connectivity index (χ3n) is 3.31. The Morgan fingerprint density at radius 2 is 2.29 bits per heavy atom. The van der Waals surface area contributed by atoms with Crippen LogP contribution >= 0.6 is 0 Å². The highest BCUT2D eigenvalue weighted by molar-refractivity contribution is 5.39. The molecule has 0 aromatic carbocycles. The summed E-state index contributed by atoms with van der Waals surface area (Å²) in [6.07, 6.45) is 1.36. The minimum atomic E-state index is -0.987. The fourth-order valence-corrected chi connectivity index (χ4v) is 2.32. The van der Waals surface area contributed by atoms with Crippen molar-refractivity contribution in [2.75, 3.05) is 32.5 Å². The third-order valence-corrected chi connectivity index (χ3v) is 3.31. The zero-order valence-corrected chi connectivity index (χ0v) is 10.2. The SMILES string of the molecule is CNc1cccn([C@@H]2CCN(C)C[C@H]2F)c1=O. The molecule has 1 saturated heterocycles. The van der Waals surface area contributed by atoms with Crippen LogP contribution in [0, 0.1) is 0 Å². The van der Waals surface area contributed by atoms with Gasteiger partial charge in [-0.25, -0.2) is 4.39 Å². The lowest BCUT2D eigenvalue weighted by molar-refractivity contribution is 0.105. The van der Waals surface area contributed by atoms with E-state index in [9.17, 15) is 9.18 Å². The standard InChI is InChI=1S/C12H18FN3O/c1-14-10-4-3-6-16(12(10)17)11-5-7-15(2)8-9(11)13/h3-4,6,9,11,14H,5,7-8H2,1-2H3/t9-,11-/m1/s1. The molecule has 17 heavy (non-hydrogen) atoms. The van der Waals surface area contributed by atoms with Crippen LogP contribution in [0.2, 0.25) is 0 Å². The molecule has 94 valence electrons. The molecule has 0 spiro atoms. The van der Waals surface area contributed by atoms with E-state index in [1.807, 2.05) is 11.9 Å². The maximum atomic E-state index is 14.0. The highest BCUT2D eigenvalue weighted by Crippen LogP contribution is 2.23. The molecule has 0 bridgehead atoms. The smallest absolute Gasteiger partial charge is 0.274 e. The Kier molecular flexibility index (Phi) is 3.47. The first-order valence-corrected chi connectivity index (χ1v) is 5.85. The Morgan fingerprint density at radius 3 is 2.94 bits per heavy atom. The molecule has 1 aliphatic heterocycles. The van der Waals surface area contributed by atoms with Crippen LogP contribution in [0.25, 0.3) is 0 Å². The van der Waals surface area contributed by atoms with Gasteiger partial charge in [-0.3, -0.25) is 4.79 Å². The first kappa shape index (κ1) is 12.1. The molecule has 2 rings (SSSR count). The molecule has 1 aliphatic rings. The molecule has 0 amide bonds. The lowest BCUT2D eigenvalue weighted by atomic mass is 10.0. The van der Waals surface area contributed by atoms with Crippen LogP contribution in [0.4, 0.5) is 10.1 Å². The van der Waals surface area contributed by atoms with Crippen LogP contribution in [0.15, 0.2) is 23.1 Å². The van der Waals surface area contributed by atoms with Crippen molar-refractivity contribution in [1.29, 1.82) is 0 Å². The summed E-state index contributed by atoms with van der Waals surface area (Å²) in [5.74, 6) is 0. The number of likely N-dealkylation sites (tertiary alicyclic amines) is 1. The molecule has 1 N–H and O–H groups in total. The maximum Gasteiger partial charge on any atom is 0.274 e. The lowest BCUT2D eigenvalue weighted by Crippen LogP contribution is -2.43. The zero-order valence-electron chi connectivity index (χ0n) is 10.2. The molecule has 0 radical (unpaired) electrons. The van der Waals surface area contributed by atoms with Gasteiger partial charge in [0.2, 0.25) is 0 Å². The number of pyridine rings is 1. The number of anilines is 1. The Labute approximate surface area is 100 Å². The first-order valence-electron chi connectivity index (χ1n) is 5.85. The zero-order chi connectivity index (χ0) is 12.4. The molecule has 0 aliphatic carbocycles. The summed E-state index contributed by atoms with van der Waals surface area (Å²) in [7, 11) is 3.60. The van der Waals surface area contributed by atoms with Gasteiger partial charge < -0.3 is 14.8 Å². The molecule has 4 nitrogen and oxygen atoms in total. The molecular weight excluding hydrogens is 221 g/mol. The van der Waals surface area contributed by atoms with Gasteiger partial charge in [-0.1, -0.05) is 0 Å². The van der Waals surface area contributed by atoms with Gasteiger partial charge in [0.1, 0.15) is 11.9 Å². The first-order chi connectivity index (χ1) is 8.13. The van der Waals surface area contributed by atoms with E-state index in [1.54, 1.807) is 25.4 Å². The van der Waals surface area contributed by atoms with Gasteiger partial charge in [-0.15, -0.1) is 0 Å². The van der Waals surface area contributed by atoms with Crippen molar-refractivity contribution >= 4 is 5.69 Å². The monoisotopic (exact) mass is 239 g/mol. The Hall–Kier alpha value is -1.36. The molecule has 1 aromatic heterocycles. The fourth-order valence-electron chi connectivity index (χ4n) is 2.32. The van der Waals surface area contributed by atoms with Crippen LogP contribution in [-0.4, -0.2) is 42.8 Å². The van der Waals surface area contributed by atoms with E-state index in [2.05, 4.69) is 5.32 Å². The second-order valence-electron chi connectivity index (χ2n) is 4.52. The number of piperidine rings is 1. The summed E-state index contributed by atoms with van der Waals surface area (Å²) in [5, 5.41) is 2.83. The number of nitrogens with zero attached hydrogens (tertiary/aromatic N) is 2. The number of rotatable bonds is 2. The van der Waals surface area contributed by atoms with Crippen molar-refractivity contribution in [3.63, 3.8) is 0 Å². The molecule has 0 saturated carbocycles. The van der Waals surface area contributed by atoms with Gasteiger partial charge in [0.25, 0.3) is 5.56 Å². The second kappa shape index (κ2) is 4.87. The normalized spacial score (nSPS) is 25.8. The van der Waals surface area contributed by atoms with Gasteiger partial charge in [0, 0.05) is 26.3 Å². The maximum absolute atomic E-state index is 14.0. The molecule has 1 fully saturated rings. The molecule has 5 heteroatoms. The number of hydrogen-bond acceptors (Lipinski definition) is 3. The number of hydrogen-bond donors (Lipinski definition) is 1. The van der Waals surface area contributed by atoms with E-state index in [-0.39, 0.29) is 11.6 Å². The van der Waals surface area contributed by atoms with Crippen molar-refractivity contribution in [2.24, 2.45) is 0 Å². The van der Waals surface area contributed by atoms with Crippen molar-refractivity contribution in [2.45, 2.75) is 18.6 Å². The Balaban J connectivity index is 2.31. The number of halogens is 1. The van der Waals surface area contributed by atoms with Gasteiger partial charge in [-0.05, 0) is 25.6 Å². The quantitative estimate of drug-likeness (QED) is 0.840. The Morgan fingerprint density at radius 1 is 1.53 bits per heavy atom. The highest BCUT2D eigenvalue weighted by Gasteiger charge is 2.29. The summed E-state index contributed by atoms with van der Waals surface area (Å²) in [5.41, 5.74) is 0.367. The summed E-state index contributed by atoms with van der Waals surface area (Å²) < 4.78 is 15.5. The fraction of sp³-hybridized carbons (Fsp3) is 0.583. The molecule has 1 aromatic rings. The van der Waals surface area contributed by atoms with Gasteiger partial charge in [0.15, 0.2) is 0 Å². The third kappa shape index (κ3) is 2.34. The van der Waals surface area contributed by atoms with Crippen LogP contribution in [0.3, 0.4) is 0 Å². The number of alkyl halides is 1. The Bertz CT molecular complexity index is 446. The van der Waals surface area contributed by atoms with E-state index in [0.29, 0.717) is 18.7 Å². The second-order valence-corrected chi connectivity index (χ2v) is 4.52. The predicted molar refractivity (Wildman–Crippen MR) is 66.3 cm³/mol. The molecule has 0 unspecified atom stereocenters. The van der Waals surface area contributed by atoms with Crippen LogP contribution < -0.4 is 10.9 Å². The van der Waals surface area contributed by atoms with Crippen LogP contribution in [-0.2, 0) is 0 Å². The minimum Gasteiger partial charge on any atom is -0.384 e. The van der Waals surface area contributed by atoms with E-state index in [4.69, 9.17) is 0 Å². The predicted octanol–water partition coefficient (Wildman–Crippen LogP) is 1.10. The van der Waals surface area contributed by atoms with Crippen LogP contribution in [0.5, 0.6) is 0 Å². The number of nitrogens with one attached hydrogen (secondary N) is 1. The molecule has 2 atom stereocenters. The van der Waals surface area contributed by atoms with E-state index < -0.39 is 6.17 Å². The van der Waals surface area contributed by atoms with E-state index >= 15 is 0 Å².